The molecule has 1 heterocycles. The van der Waals surface area contributed by atoms with Gasteiger partial charge in [-0.1, -0.05) is 115 Å². The first-order chi connectivity index (χ1) is 26.1. The topological polar surface area (TPSA) is 8.17 Å². The molecular weight excluding hydrogens is 641 g/mol. The molecule has 0 N–H and O–H groups in total. The maximum atomic E-state index is 2.52. The van der Waals surface area contributed by atoms with Gasteiger partial charge in [0, 0.05) is 33.5 Å². The van der Waals surface area contributed by atoms with Crippen molar-refractivity contribution in [3.8, 4) is 27.9 Å². The Balaban J connectivity index is 0.974. The Morgan fingerprint density at radius 3 is 1.74 bits per heavy atom. The van der Waals surface area contributed by atoms with E-state index in [4.69, 9.17) is 0 Å². The zero-order chi connectivity index (χ0) is 35.0. The minimum atomic E-state index is 0.365. The first-order valence-corrected chi connectivity index (χ1v) is 19.4. The van der Waals surface area contributed by atoms with Crippen LogP contribution < -0.4 is 4.90 Å². The molecule has 8 aromatic rings. The highest BCUT2D eigenvalue weighted by Crippen LogP contribution is 2.72. The van der Waals surface area contributed by atoms with E-state index in [-0.39, 0.29) is 0 Å². The fourth-order valence-electron chi connectivity index (χ4n) is 10.9. The molecule has 2 nitrogen and oxygen atoms in total. The van der Waals surface area contributed by atoms with Crippen LogP contribution in [-0.2, 0) is 5.41 Å². The molecule has 2 heteroatoms. The SMILES string of the molecule is c1ccc(-c2ccc(N(c3ccc(-c4cccc(-n5c6ccccc6c6ccccc65)c4)cc3)c3cccc(C45C[C@@H]6CCC(C6)(C4)C5)c3)cc2)cc1. The summed E-state index contributed by atoms with van der Waals surface area (Å²) in [6.45, 7) is 0. The summed E-state index contributed by atoms with van der Waals surface area (Å²) in [5.41, 5.74) is 14.7. The predicted molar refractivity (Wildman–Crippen MR) is 222 cm³/mol. The Morgan fingerprint density at radius 2 is 1.06 bits per heavy atom. The van der Waals surface area contributed by atoms with E-state index >= 15 is 0 Å². The third-order valence-electron chi connectivity index (χ3n) is 13.0. The van der Waals surface area contributed by atoms with Gasteiger partial charge in [0.05, 0.1) is 11.0 Å². The summed E-state index contributed by atoms with van der Waals surface area (Å²) in [7, 11) is 0. The van der Waals surface area contributed by atoms with Gasteiger partial charge in [-0.25, -0.2) is 0 Å². The van der Waals surface area contributed by atoms with Crippen molar-refractivity contribution in [1.29, 1.82) is 0 Å². The quantitative estimate of drug-likeness (QED) is 0.162. The van der Waals surface area contributed by atoms with Crippen LogP contribution >= 0.6 is 0 Å². The summed E-state index contributed by atoms with van der Waals surface area (Å²) in [5, 5.41) is 2.57. The van der Waals surface area contributed by atoms with E-state index < -0.39 is 0 Å². The Hall–Kier alpha value is -5.86. The van der Waals surface area contributed by atoms with Crippen molar-refractivity contribution in [2.45, 2.75) is 43.9 Å². The smallest absolute Gasteiger partial charge is 0.0541 e. The van der Waals surface area contributed by atoms with Crippen molar-refractivity contribution in [1.82, 2.24) is 4.57 Å². The minimum absolute atomic E-state index is 0.365. The number of aromatic nitrogens is 1. The lowest BCUT2D eigenvalue weighted by atomic mass is 9.44. The van der Waals surface area contributed by atoms with Crippen molar-refractivity contribution in [3.05, 3.63) is 181 Å². The fraction of sp³-hybridized carbons (Fsp3) is 0.176. The molecule has 0 radical (unpaired) electrons. The Kier molecular flexibility index (Phi) is 6.86. The Morgan fingerprint density at radius 1 is 0.472 bits per heavy atom. The largest absolute Gasteiger partial charge is 0.310 e. The summed E-state index contributed by atoms with van der Waals surface area (Å²) in [5.74, 6) is 0.920. The molecule has 4 aliphatic rings. The lowest BCUT2D eigenvalue weighted by molar-refractivity contribution is -0.0243. The van der Waals surface area contributed by atoms with Gasteiger partial charge in [-0.2, -0.15) is 0 Å². The summed E-state index contributed by atoms with van der Waals surface area (Å²) in [6, 6.07) is 65.0. The van der Waals surface area contributed by atoms with Gasteiger partial charge >= 0.3 is 0 Å². The van der Waals surface area contributed by atoms with Gasteiger partial charge in [0.15, 0.2) is 0 Å². The van der Waals surface area contributed by atoms with Gasteiger partial charge in [0.2, 0.25) is 0 Å². The molecule has 3 bridgehead atoms. The van der Waals surface area contributed by atoms with Crippen LogP contribution in [0, 0.1) is 11.3 Å². The van der Waals surface area contributed by atoms with Crippen molar-refractivity contribution in [3.63, 3.8) is 0 Å². The number of para-hydroxylation sites is 2. The highest BCUT2D eigenvalue weighted by molar-refractivity contribution is 6.09. The van der Waals surface area contributed by atoms with Crippen molar-refractivity contribution < 1.29 is 0 Å². The summed E-state index contributed by atoms with van der Waals surface area (Å²) in [6.07, 6.45) is 8.50. The zero-order valence-corrected chi connectivity index (χ0v) is 30.0. The number of hydrogen-bond donors (Lipinski definition) is 0. The van der Waals surface area contributed by atoms with Crippen LogP contribution in [0.4, 0.5) is 17.1 Å². The highest BCUT2D eigenvalue weighted by Gasteiger charge is 2.62. The van der Waals surface area contributed by atoms with Crippen LogP contribution in [-0.4, -0.2) is 4.57 Å². The first kappa shape index (κ1) is 30.7. The van der Waals surface area contributed by atoms with E-state index in [1.165, 1.54) is 105 Å². The third-order valence-corrected chi connectivity index (χ3v) is 13.0. The predicted octanol–water partition coefficient (Wildman–Crippen LogP) is 13.8. The number of rotatable bonds is 7. The van der Waals surface area contributed by atoms with Crippen LogP contribution in [0.15, 0.2) is 176 Å². The van der Waals surface area contributed by atoms with Crippen LogP contribution in [0.5, 0.6) is 0 Å². The first-order valence-electron chi connectivity index (χ1n) is 19.4. The number of benzene rings is 7. The molecule has 53 heavy (non-hydrogen) atoms. The second kappa shape index (κ2) is 11.8. The van der Waals surface area contributed by atoms with Crippen molar-refractivity contribution >= 4 is 38.9 Å². The molecule has 12 rings (SSSR count). The number of hydrogen-bond acceptors (Lipinski definition) is 1. The van der Waals surface area contributed by atoms with Crippen LogP contribution in [0.2, 0.25) is 0 Å². The van der Waals surface area contributed by atoms with Gasteiger partial charge in [0.25, 0.3) is 0 Å². The molecule has 0 unspecified atom stereocenters. The summed E-state index contributed by atoms with van der Waals surface area (Å²) >= 11 is 0. The third kappa shape index (κ3) is 5.00. The van der Waals surface area contributed by atoms with Gasteiger partial charge < -0.3 is 9.47 Å². The van der Waals surface area contributed by atoms with E-state index in [0.29, 0.717) is 10.8 Å². The maximum absolute atomic E-state index is 2.52. The Bertz CT molecular complexity index is 2560. The van der Waals surface area contributed by atoms with Gasteiger partial charge in [-0.15, -0.1) is 0 Å². The van der Waals surface area contributed by atoms with E-state index in [2.05, 4.69) is 185 Å². The molecule has 0 aliphatic heterocycles. The highest BCUT2D eigenvalue weighted by atomic mass is 15.1. The lowest BCUT2D eigenvalue weighted by Gasteiger charge is -2.60. The fourth-order valence-corrected chi connectivity index (χ4v) is 10.9. The molecule has 4 saturated carbocycles. The molecule has 0 saturated heterocycles. The molecule has 0 amide bonds. The van der Waals surface area contributed by atoms with E-state index in [9.17, 15) is 0 Å². The van der Waals surface area contributed by atoms with E-state index in [1.54, 1.807) is 5.56 Å². The van der Waals surface area contributed by atoms with Crippen LogP contribution in [0.25, 0.3) is 49.7 Å². The summed E-state index contributed by atoms with van der Waals surface area (Å²) in [4.78, 5) is 2.46. The molecule has 4 fully saturated rings. The van der Waals surface area contributed by atoms with E-state index in [0.717, 1.165) is 5.92 Å². The van der Waals surface area contributed by atoms with Gasteiger partial charge in [-0.3, -0.25) is 0 Å². The number of nitrogens with zero attached hydrogens (tertiary/aromatic N) is 2. The van der Waals surface area contributed by atoms with E-state index in [1.807, 2.05) is 0 Å². The molecule has 1 aromatic heterocycles. The molecule has 1 atom stereocenters. The molecule has 256 valence electrons. The molecule has 4 aliphatic carbocycles. The minimum Gasteiger partial charge on any atom is -0.310 e. The molecule has 1 spiro atoms. The zero-order valence-electron chi connectivity index (χ0n) is 30.0. The second-order valence-corrected chi connectivity index (χ2v) is 16.2. The average Bonchev–Trinajstić information content (AvgIpc) is 3.68. The van der Waals surface area contributed by atoms with Gasteiger partial charge in [-0.05, 0) is 144 Å². The maximum Gasteiger partial charge on any atom is 0.0541 e. The lowest BCUT2D eigenvalue weighted by Crippen LogP contribution is -2.52. The van der Waals surface area contributed by atoms with Crippen LogP contribution in [0.3, 0.4) is 0 Å². The second-order valence-electron chi connectivity index (χ2n) is 16.2. The van der Waals surface area contributed by atoms with Gasteiger partial charge in [0.1, 0.15) is 0 Å². The Labute approximate surface area is 312 Å². The number of anilines is 3. The van der Waals surface area contributed by atoms with Crippen molar-refractivity contribution in [2.24, 2.45) is 11.3 Å². The molecular formula is C51H42N2. The normalized spacial score (nSPS) is 21.5. The van der Waals surface area contributed by atoms with Crippen LogP contribution in [0.1, 0.15) is 44.1 Å². The molecule has 7 aromatic carbocycles. The standard InChI is InChI=1S/C51H42N2/c1-2-10-37(11-3-1)38-20-24-42(25-21-38)52(45-15-9-13-41(31-45)51-33-36-28-29-50(32-36,34-51)35-51)43-26-22-39(23-27-43)40-12-8-14-44(30-40)53-48-18-6-4-16-46(48)47-17-5-7-19-49(47)53/h1-27,30-31,36H,28-29,32-35H2/t36-,50?,51?/m1/s1. The summed E-state index contributed by atoms with van der Waals surface area (Å²) < 4.78 is 2.40. The average molecular weight is 683 g/mol. The van der Waals surface area contributed by atoms with Crippen molar-refractivity contribution in [2.75, 3.05) is 4.90 Å². The monoisotopic (exact) mass is 682 g/mol. The number of fused-ring (bicyclic) bond motifs is 3.